The molecular formula is C13H14ClF3N2O2. The molecule has 0 bridgehead atoms. The van der Waals surface area contributed by atoms with Crippen molar-refractivity contribution in [1.82, 2.24) is 5.32 Å². The third-order valence-electron chi connectivity index (χ3n) is 2.79. The summed E-state index contributed by atoms with van der Waals surface area (Å²) in [5.74, 6) is -1.88. The summed E-state index contributed by atoms with van der Waals surface area (Å²) in [4.78, 5) is 23.1. The van der Waals surface area contributed by atoms with E-state index in [0.29, 0.717) is 6.07 Å². The van der Waals surface area contributed by atoms with E-state index >= 15 is 0 Å². The zero-order valence-electron chi connectivity index (χ0n) is 11.3. The Kier molecular flexibility index (Phi) is 5.22. The van der Waals surface area contributed by atoms with E-state index in [1.54, 1.807) is 13.8 Å². The van der Waals surface area contributed by atoms with Gasteiger partial charge in [0.2, 0.25) is 5.91 Å². The van der Waals surface area contributed by atoms with Crippen LogP contribution >= 0.6 is 11.6 Å². The molecule has 0 spiro atoms. The summed E-state index contributed by atoms with van der Waals surface area (Å²) in [5, 5.41) is 1.80. The summed E-state index contributed by atoms with van der Waals surface area (Å²) in [6.45, 7) is 3.30. The number of nitrogens with one attached hydrogen (secondary N) is 1. The minimum atomic E-state index is -4.67. The molecule has 4 nitrogen and oxygen atoms in total. The molecule has 0 saturated carbocycles. The third kappa shape index (κ3) is 4.35. The number of carbonyl (C=O) groups is 2. The molecule has 0 aromatic heterocycles. The van der Waals surface area contributed by atoms with Crippen molar-refractivity contribution in [2.75, 3.05) is 0 Å². The summed E-state index contributed by atoms with van der Waals surface area (Å²) in [7, 11) is 0. The first-order valence-electron chi connectivity index (χ1n) is 6.01. The number of amides is 2. The molecule has 0 aliphatic rings. The van der Waals surface area contributed by atoms with Crippen LogP contribution < -0.4 is 11.1 Å². The van der Waals surface area contributed by atoms with Crippen molar-refractivity contribution < 1.29 is 22.8 Å². The van der Waals surface area contributed by atoms with Gasteiger partial charge >= 0.3 is 6.18 Å². The maximum absolute atomic E-state index is 12.7. The molecule has 3 N–H and O–H groups in total. The van der Waals surface area contributed by atoms with Gasteiger partial charge in [-0.2, -0.15) is 13.2 Å². The van der Waals surface area contributed by atoms with E-state index in [9.17, 15) is 22.8 Å². The second-order valence-corrected chi connectivity index (χ2v) is 5.20. The molecule has 1 rings (SSSR count). The molecule has 1 aromatic rings. The number of hydrogen-bond acceptors (Lipinski definition) is 2. The number of hydrogen-bond donors (Lipinski definition) is 2. The van der Waals surface area contributed by atoms with E-state index in [1.807, 2.05) is 0 Å². The van der Waals surface area contributed by atoms with Gasteiger partial charge in [0.1, 0.15) is 6.04 Å². The molecule has 0 fully saturated rings. The smallest absolute Gasteiger partial charge is 0.368 e. The van der Waals surface area contributed by atoms with Gasteiger partial charge in [0.25, 0.3) is 5.91 Å². The minimum Gasteiger partial charge on any atom is -0.368 e. The van der Waals surface area contributed by atoms with Gasteiger partial charge < -0.3 is 11.1 Å². The van der Waals surface area contributed by atoms with Crippen molar-refractivity contribution in [1.29, 1.82) is 0 Å². The predicted molar refractivity (Wildman–Crippen MR) is 71.7 cm³/mol. The summed E-state index contributed by atoms with van der Waals surface area (Å²) in [6, 6.07) is 1.79. The molecule has 2 amide bonds. The zero-order valence-corrected chi connectivity index (χ0v) is 12.0. The molecule has 21 heavy (non-hydrogen) atoms. The fourth-order valence-corrected chi connectivity index (χ4v) is 1.90. The number of primary amides is 1. The highest BCUT2D eigenvalue weighted by molar-refractivity contribution is 6.31. The van der Waals surface area contributed by atoms with Crippen LogP contribution in [-0.4, -0.2) is 17.9 Å². The Morgan fingerprint density at radius 2 is 1.86 bits per heavy atom. The van der Waals surface area contributed by atoms with Crippen LogP contribution in [0.5, 0.6) is 0 Å². The maximum atomic E-state index is 12.7. The van der Waals surface area contributed by atoms with Gasteiger partial charge in [-0.15, -0.1) is 0 Å². The van der Waals surface area contributed by atoms with Crippen LogP contribution in [0.3, 0.4) is 0 Å². The number of nitrogens with two attached hydrogens (primary N) is 1. The first-order chi connectivity index (χ1) is 9.54. The first-order valence-corrected chi connectivity index (χ1v) is 6.38. The predicted octanol–water partition coefficient (Wildman–Crippen LogP) is 2.60. The average molecular weight is 323 g/mol. The number of rotatable bonds is 4. The number of carbonyl (C=O) groups excluding carboxylic acids is 2. The first kappa shape index (κ1) is 17.3. The molecule has 0 unspecified atom stereocenters. The molecule has 1 aromatic carbocycles. The van der Waals surface area contributed by atoms with Crippen LogP contribution in [0.15, 0.2) is 18.2 Å². The van der Waals surface area contributed by atoms with E-state index in [2.05, 4.69) is 5.32 Å². The van der Waals surface area contributed by atoms with Crippen LogP contribution in [0.4, 0.5) is 13.2 Å². The number of halogens is 4. The van der Waals surface area contributed by atoms with E-state index in [0.717, 1.165) is 12.1 Å². The van der Waals surface area contributed by atoms with Crippen LogP contribution in [0.2, 0.25) is 5.02 Å². The fourth-order valence-electron chi connectivity index (χ4n) is 1.67. The molecule has 116 valence electrons. The molecule has 0 aliphatic carbocycles. The summed E-state index contributed by atoms with van der Waals surface area (Å²) in [5.41, 5.74) is 3.77. The van der Waals surface area contributed by atoms with Gasteiger partial charge in [0, 0.05) is 5.56 Å². The highest BCUT2D eigenvalue weighted by atomic mass is 35.5. The largest absolute Gasteiger partial charge is 0.417 e. The summed E-state index contributed by atoms with van der Waals surface area (Å²) >= 11 is 5.47. The minimum absolute atomic E-state index is 0.251. The zero-order chi connectivity index (χ0) is 16.4. The van der Waals surface area contributed by atoms with Crippen molar-refractivity contribution in [2.24, 2.45) is 11.7 Å². The van der Waals surface area contributed by atoms with E-state index in [-0.39, 0.29) is 11.5 Å². The molecule has 8 heteroatoms. The van der Waals surface area contributed by atoms with Gasteiger partial charge in [0.15, 0.2) is 0 Å². The van der Waals surface area contributed by atoms with Crippen molar-refractivity contribution in [2.45, 2.75) is 26.1 Å². The van der Waals surface area contributed by atoms with E-state index in [4.69, 9.17) is 17.3 Å². The van der Waals surface area contributed by atoms with Crippen LogP contribution in [-0.2, 0) is 11.0 Å². The Labute approximate surface area is 124 Å². The van der Waals surface area contributed by atoms with Gasteiger partial charge in [-0.1, -0.05) is 25.4 Å². The summed E-state index contributed by atoms with van der Waals surface area (Å²) in [6.07, 6.45) is -4.67. The Bertz CT molecular complexity index is 559. The molecule has 0 aliphatic heterocycles. The second kappa shape index (κ2) is 6.34. The van der Waals surface area contributed by atoms with Crippen LogP contribution in [0.1, 0.15) is 29.8 Å². The van der Waals surface area contributed by atoms with Crippen molar-refractivity contribution in [3.63, 3.8) is 0 Å². The monoisotopic (exact) mass is 322 g/mol. The Hall–Kier alpha value is -1.76. The Morgan fingerprint density at radius 3 is 2.29 bits per heavy atom. The topological polar surface area (TPSA) is 72.2 Å². The number of benzene rings is 1. The SMILES string of the molecule is CC(C)[C@H](NC(=O)c1ccc(Cl)c(C(F)(F)F)c1)C(N)=O. The standard InChI is InChI=1S/C13H14ClF3N2O2/c1-6(2)10(11(18)20)19-12(21)7-3-4-9(14)8(5-7)13(15,16)17/h3-6,10H,1-2H3,(H2,18,20)(H,19,21)/t10-/m0/s1. The lowest BCUT2D eigenvalue weighted by atomic mass is 10.0. The second-order valence-electron chi connectivity index (χ2n) is 4.79. The van der Waals surface area contributed by atoms with Crippen LogP contribution in [0, 0.1) is 5.92 Å². The van der Waals surface area contributed by atoms with Crippen molar-refractivity contribution in [3.8, 4) is 0 Å². The lowest BCUT2D eigenvalue weighted by Gasteiger charge is -2.19. The van der Waals surface area contributed by atoms with Crippen LogP contribution in [0.25, 0.3) is 0 Å². The highest BCUT2D eigenvalue weighted by Gasteiger charge is 2.34. The average Bonchev–Trinajstić information content (AvgIpc) is 2.33. The molecule has 0 saturated heterocycles. The molecule has 1 atom stereocenters. The molecule has 0 radical (unpaired) electrons. The fraction of sp³-hybridized carbons (Fsp3) is 0.385. The molecule has 0 heterocycles. The van der Waals surface area contributed by atoms with Gasteiger partial charge in [-0.05, 0) is 24.1 Å². The van der Waals surface area contributed by atoms with E-state index < -0.39 is 34.6 Å². The van der Waals surface area contributed by atoms with Gasteiger partial charge in [0.05, 0.1) is 10.6 Å². The van der Waals surface area contributed by atoms with Crippen molar-refractivity contribution >= 4 is 23.4 Å². The highest BCUT2D eigenvalue weighted by Crippen LogP contribution is 2.35. The lowest BCUT2D eigenvalue weighted by Crippen LogP contribution is -2.47. The Morgan fingerprint density at radius 1 is 1.29 bits per heavy atom. The molecular weight excluding hydrogens is 309 g/mol. The maximum Gasteiger partial charge on any atom is 0.417 e. The quantitative estimate of drug-likeness (QED) is 0.894. The van der Waals surface area contributed by atoms with Gasteiger partial charge in [-0.25, -0.2) is 0 Å². The Balaban J connectivity index is 3.06. The normalized spacial score (nSPS) is 13.1. The summed E-state index contributed by atoms with van der Waals surface area (Å²) < 4.78 is 38.2. The number of alkyl halides is 3. The van der Waals surface area contributed by atoms with Crippen molar-refractivity contribution in [3.05, 3.63) is 34.3 Å². The van der Waals surface area contributed by atoms with Gasteiger partial charge in [-0.3, -0.25) is 9.59 Å². The lowest BCUT2D eigenvalue weighted by molar-refractivity contribution is -0.137. The van der Waals surface area contributed by atoms with E-state index in [1.165, 1.54) is 0 Å². The third-order valence-corrected chi connectivity index (χ3v) is 3.12.